The second kappa shape index (κ2) is 6.20. The van der Waals surface area contributed by atoms with E-state index in [1.54, 1.807) is 0 Å². The highest BCUT2D eigenvalue weighted by molar-refractivity contribution is 8.01. The molecule has 0 bridgehead atoms. The number of aliphatic carboxylic acids is 1. The number of aromatic nitrogens is 2. The van der Waals surface area contributed by atoms with Crippen molar-refractivity contribution in [2.24, 2.45) is 5.41 Å². The Morgan fingerprint density at radius 3 is 2.76 bits per heavy atom. The zero-order chi connectivity index (χ0) is 12.9. The summed E-state index contributed by atoms with van der Waals surface area (Å²) in [5.41, 5.74) is 0.290. The van der Waals surface area contributed by atoms with Crippen LogP contribution in [0.4, 0.5) is 5.13 Å². The highest BCUT2D eigenvalue weighted by atomic mass is 32.2. The molecule has 17 heavy (non-hydrogen) atoms. The number of hydrogen-bond donors (Lipinski definition) is 2. The number of anilines is 1. The number of nitrogens with one attached hydrogen (secondary N) is 1. The van der Waals surface area contributed by atoms with E-state index in [9.17, 15) is 4.79 Å². The van der Waals surface area contributed by atoms with Gasteiger partial charge in [-0.05, 0) is 11.8 Å². The number of carboxylic acids is 1. The quantitative estimate of drug-likeness (QED) is 0.777. The van der Waals surface area contributed by atoms with E-state index in [4.69, 9.17) is 5.11 Å². The molecule has 1 heterocycles. The fraction of sp³-hybridized carbons (Fsp3) is 0.700. The zero-order valence-electron chi connectivity index (χ0n) is 10.2. The lowest BCUT2D eigenvalue weighted by molar-refractivity contribution is -0.133. The fourth-order valence-electron chi connectivity index (χ4n) is 1.01. The number of rotatable bonds is 6. The molecule has 0 aliphatic carbocycles. The average Bonchev–Trinajstić information content (AvgIpc) is 2.61. The molecule has 96 valence electrons. The minimum atomic E-state index is -0.840. The molecule has 0 radical (unpaired) electrons. The molecule has 7 heteroatoms. The van der Waals surface area contributed by atoms with Gasteiger partial charge in [0.2, 0.25) is 5.13 Å². The van der Waals surface area contributed by atoms with Gasteiger partial charge in [-0.2, -0.15) is 0 Å². The summed E-state index contributed by atoms with van der Waals surface area (Å²) in [4.78, 5) is 10.4. The third-order valence-corrected chi connectivity index (χ3v) is 3.88. The van der Waals surface area contributed by atoms with Crippen molar-refractivity contribution >= 4 is 34.2 Å². The van der Waals surface area contributed by atoms with E-state index in [1.165, 1.54) is 23.1 Å². The van der Waals surface area contributed by atoms with E-state index in [0.717, 1.165) is 18.1 Å². The lowest BCUT2D eigenvalue weighted by Gasteiger charge is -2.17. The summed E-state index contributed by atoms with van der Waals surface area (Å²) in [7, 11) is 0. The summed E-state index contributed by atoms with van der Waals surface area (Å²) < 4.78 is 0.686. The zero-order valence-corrected chi connectivity index (χ0v) is 11.8. The maximum absolute atomic E-state index is 10.4. The smallest absolute Gasteiger partial charge is 0.313 e. The van der Waals surface area contributed by atoms with Crippen LogP contribution in [0.3, 0.4) is 0 Å². The van der Waals surface area contributed by atoms with Crippen LogP contribution in [0.2, 0.25) is 0 Å². The fourth-order valence-corrected chi connectivity index (χ4v) is 2.51. The lowest BCUT2D eigenvalue weighted by atomic mass is 9.92. The Morgan fingerprint density at radius 1 is 1.47 bits per heavy atom. The van der Waals surface area contributed by atoms with E-state index >= 15 is 0 Å². The molecule has 2 N–H and O–H groups in total. The Bertz CT molecular complexity index is 374. The Balaban J connectivity index is 2.33. The monoisotopic (exact) mass is 275 g/mol. The van der Waals surface area contributed by atoms with Gasteiger partial charge in [0.15, 0.2) is 4.34 Å². The molecular formula is C10H17N3O2S2. The maximum atomic E-state index is 10.4. The van der Waals surface area contributed by atoms with Gasteiger partial charge in [-0.25, -0.2) is 0 Å². The topological polar surface area (TPSA) is 75.1 Å². The van der Waals surface area contributed by atoms with Crippen molar-refractivity contribution in [1.29, 1.82) is 0 Å². The number of thioether (sulfide) groups is 1. The highest BCUT2D eigenvalue weighted by Crippen LogP contribution is 2.26. The lowest BCUT2D eigenvalue weighted by Crippen LogP contribution is -2.12. The normalized spacial score (nSPS) is 11.5. The third kappa shape index (κ3) is 6.48. The first-order valence-corrected chi connectivity index (χ1v) is 7.09. The first kappa shape index (κ1) is 14.2. The van der Waals surface area contributed by atoms with Crippen LogP contribution in [0.25, 0.3) is 0 Å². The summed E-state index contributed by atoms with van der Waals surface area (Å²) >= 11 is 2.59. The molecule has 0 amide bonds. The SMILES string of the molecule is CC(C)(C)CCNc1nnc(SCC(=O)O)s1. The predicted molar refractivity (Wildman–Crippen MR) is 70.8 cm³/mol. The van der Waals surface area contributed by atoms with Crippen molar-refractivity contribution in [2.75, 3.05) is 17.6 Å². The Hall–Kier alpha value is -0.820. The van der Waals surface area contributed by atoms with Crippen LogP contribution in [0, 0.1) is 5.41 Å². The van der Waals surface area contributed by atoms with Crippen LogP contribution in [0.1, 0.15) is 27.2 Å². The summed E-state index contributed by atoms with van der Waals surface area (Å²) in [6.07, 6.45) is 1.05. The Morgan fingerprint density at radius 2 is 2.18 bits per heavy atom. The van der Waals surface area contributed by atoms with Gasteiger partial charge in [0.05, 0.1) is 5.75 Å². The number of carboxylic acid groups (broad SMARTS) is 1. The second-order valence-corrected chi connectivity index (χ2v) is 6.99. The van der Waals surface area contributed by atoms with Crippen LogP contribution in [-0.2, 0) is 4.79 Å². The molecule has 0 saturated carbocycles. The molecule has 0 aromatic carbocycles. The molecule has 1 aromatic rings. The van der Waals surface area contributed by atoms with Crippen molar-refractivity contribution in [2.45, 2.75) is 31.5 Å². The summed E-state index contributed by atoms with van der Waals surface area (Å²) in [6.45, 7) is 7.40. The molecule has 0 saturated heterocycles. The van der Waals surface area contributed by atoms with Crippen molar-refractivity contribution in [3.63, 3.8) is 0 Å². The largest absolute Gasteiger partial charge is 0.481 e. The van der Waals surface area contributed by atoms with Gasteiger partial charge >= 0.3 is 5.97 Å². The summed E-state index contributed by atoms with van der Waals surface area (Å²) in [6, 6.07) is 0. The first-order valence-electron chi connectivity index (χ1n) is 5.29. The van der Waals surface area contributed by atoms with E-state index in [2.05, 4.69) is 36.3 Å². The minimum absolute atomic E-state index is 0.0244. The molecule has 0 unspecified atom stereocenters. The molecular weight excluding hydrogens is 258 g/mol. The van der Waals surface area contributed by atoms with Crippen LogP contribution in [-0.4, -0.2) is 33.6 Å². The van der Waals surface area contributed by atoms with Crippen molar-refractivity contribution < 1.29 is 9.90 Å². The van der Waals surface area contributed by atoms with E-state index in [-0.39, 0.29) is 5.75 Å². The van der Waals surface area contributed by atoms with Crippen molar-refractivity contribution in [3.8, 4) is 0 Å². The Kier molecular flexibility index (Phi) is 5.20. The standard InChI is InChI=1S/C10H17N3O2S2/c1-10(2,3)4-5-11-8-12-13-9(17-8)16-6-7(14)15/h4-6H2,1-3H3,(H,11,12)(H,14,15). The second-order valence-electron chi connectivity index (χ2n) is 4.79. The van der Waals surface area contributed by atoms with E-state index in [0.29, 0.717) is 9.75 Å². The Labute approximate surface area is 109 Å². The highest BCUT2D eigenvalue weighted by Gasteiger charge is 2.11. The number of nitrogens with zero attached hydrogens (tertiary/aromatic N) is 2. The average molecular weight is 275 g/mol. The van der Waals surface area contributed by atoms with Gasteiger partial charge in [0, 0.05) is 6.54 Å². The van der Waals surface area contributed by atoms with Gasteiger partial charge < -0.3 is 10.4 Å². The van der Waals surface area contributed by atoms with Crippen LogP contribution in [0.5, 0.6) is 0 Å². The molecule has 1 aromatic heterocycles. The van der Waals surface area contributed by atoms with Crippen molar-refractivity contribution in [3.05, 3.63) is 0 Å². The van der Waals surface area contributed by atoms with Gasteiger partial charge in [0.1, 0.15) is 0 Å². The van der Waals surface area contributed by atoms with E-state index < -0.39 is 5.97 Å². The van der Waals surface area contributed by atoms with Gasteiger partial charge in [0.25, 0.3) is 0 Å². The summed E-state index contributed by atoms with van der Waals surface area (Å²) in [5.74, 6) is -0.816. The first-order chi connectivity index (χ1) is 7.87. The van der Waals surface area contributed by atoms with Crippen molar-refractivity contribution in [1.82, 2.24) is 10.2 Å². The van der Waals surface area contributed by atoms with Crippen LogP contribution in [0.15, 0.2) is 4.34 Å². The molecule has 0 fully saturated rings. The molecule has 0 aliphatic rings. The summed E-state index contributed by atoms with van der Waals surface area (Å²) in [5, 5.41) is 20.3. The minimum Gasteiger partial charge on any atom is -0.481 e. The van der Waals surface area contributed by atoms with E-state index in [1.807, 2.05) is 0 Å². The van der Waals surface area contributed by atoms with Gasteiger partial charge in [-0.3, -0.25) is 4.79 Å². The molecule has 0 spiro atoms. The predicted octanol–water partition coefficient (Wildman–Crippen LogP) is 2.56. The maximum Gasteiger partial charge on any atom is 0.313 e. The molecule has 5 nitrogen and oxygen atoms in total. The van der Waals surface area contributed by atoms with Crippen LogP contribution >= 0.6 is 23.1 Å². The van der Waals surface area contributed by atoms with Gasteiger partial charge in [-0.15, -0.1) is 10.2 Å². The van der Waals surface area contributed by atoms with Crippen LogP contribution < -0.4 is 5.32 Å². The third-order valence-electron chi connectivity index (χ3n) is 1.88. The number of carbonyl (C=O) groups is 1. The molecule has 1 rings (SSSR count). The molecule has 0 aliphatic heterocycles. The number of hydrogen-bond acceptors (Lipinski definition) is 6. The molecule has 0 atom stereocenters. The van der Waals surface area contributed by atoms with Gasteiger partial charge in [-0.1, -0.05) is 43.9 Å².